The average molecular weight is 377 g/mol. The second-order valence-electron chi connectivity index (χ2n) is 7.61. The van der Waals surface area contributed by atoms with Crippen molar-refractivity contribution >= 4 is 11.6 Å². The van der Waals surface area contributed by atoms with E-state index < -0.39 is 0 Å². The van der Waals surface area contributed by atoms with Crippen LogP contribution in [0.5, 0.6) is 0 Å². The fourth-order valence-electron chi connectivity index (χ4n) is 4.02. The van der Waals surface area contributed by atoms with Crippen LogP contribution >= 0.6 is 0 Å². The molecule has 0 bridgehead atoms. The van der Waals surface area contributed by atoms with Crippen molar-refractivity contribution in [1.29, 1.82) is 0 Å². The van der Waals surface area contributed by atoms with Gasteiger partial charge in [0.1, 0.15) is 6.17 Å². The number of piperazine rings is 1. The molecule has 1 fully saturated rings. The summed E-state index contributed by atoms with van der Waals surface area (Å²) in [4.78, 5) is 16.6. The fraction of sp³-hybridized carbons (Fsp3) is 0.391. The average Bonchev–Trinajstić information content (AvgIpc) is 2.74. The number of rotatable bonds is 4. The minimum Gasteiger partial charge on any atom is -0.340 e. The maximum atomic E-state index is 12.2. The first-order chi connectivity index (χ1) is 13.7. The van der Waals surface area contributed by atoms with E-state index in [9.17, 15) is 4.79 Å². The Kier molecular flexibility index (Phi) is 5.44. The topological polar surface area (TPSA) is 47.9 Å². The number of hydrazone groups is 1. The first-order valence-corrected chi connectivity index (χ1v) is 10.2. The van der Waals surface area contributed by atoms with Crippen LogP contribution in [0.2, 0.25) is 0 Å². The van der Waals surface area contributed by atoms with Crippen molar-refractivity contribution in [3.63, 3.8) is 0 Å². The third-order valence-electron chi connectivity index (χ3n) is 5.63. The molecule has 0 spiro atoms. The predicted molar refractivity (Wildman–Crippen MR) is 112 cm³/mol. The SMILES string of the molecule is CCCC(=O)N1CCN(C2NN=C(c3ccc(C)cc3)c3ccccc32)CC1. The minimum absolute atomic E-state index is 0.0498. The fourth-order valence-corrected chi connectivity index (χ4v) is 4.02. The third kappa shape index (κ3) is 3.67. The van der Waals surface area contributed by atoms with E-state index in [4.69, 9.17) is 5.10 Å². The molecule has 5 nitrogen and oxygen atoms in total. The third-order valence-corrected chi connectivity index (χ3v) is 5.63. The molecule has 4 rings (SSSR count). The Morgan fingerprint density at radius 1 is 1.07 bits per heavy atom. The maximum absolute atomic E-state index is 12.2. The van der Waals surface area contributed by atoms with Gasteiger partial charge in [-0.25, -0.2) is 0 Å². The van der Waals surface area contributed by atoms with E-state index in [0.717, 1.165) is 43.9 Å². The van der Waals surface area contributed by atoms with E-state index in [1.54, 1.807) is 0 Å². The number of nitrogens with one attached hydrogen (secondary N) is 1. The Labute approximate surface area is 167 Å². The van der Waals surface area contributed by atoms with Gasteiger partial charge in [0.25, 0.3) is 0 Å². The number of nitrogens with zero attached hydrogens (tertiary/aromatic N) is 3. The van der Waals surface area contributed by atoms with Gasteiger partial charge in [0.05, 0.1) is 5.71 Å². The summed E-state index contributed by atoms with van der Waals surface area (Å²) in [5.41, 5.74) is 9.18. The molecule has 1 amide bonds. The van der Waals surface area contributed by atoms with Gasteiger partial charge in [0, 0.05) is 43.7 Å². The van der Waals surface area contributed by atoms with Crippen LogP contribution in [0, 0.1) is 6.92 Å². The minimum atomic E-state index is 0.0498. The zero-order chi connectivity index (χ0) is 19.5. The number of amides is 1. The lowest BCUT2D eigenvalue weighted by molar-refractivity contribution is -0.133. The quantitative estimate of drug-likeness (QED) is 0.891. The Balaban J connectivity index is 1.54. The van der Waals surface area contributed by atoms with Gasteiger partial charge in [-0.1, -0.05) is 61.0 Å². The summed E-state index contributed by atoms with van der Waals surface area (Å²) in [5, 5.41) is 4.76. The molecule has 5 heteroatoms. The number of benzene rings is 2. The highest BCUT2D eigenvalue weighted by atomic mass is 16.2. The highest BCUT2D eigenvalue weighted by Gasteiger charge is 2.31. The summed E-state index contributed by atoms with van der Waals surface area (Å²) in [7, 11) is 0. The van der Waals surface area contributed by atoms with Gasteiger partial charge in [0.2, 0.25) is 5.91 Å². The first kappa shape index (κ1) is 18.7. The summed E-state index contributed by atoms with van der Waals surface area (Å²) in [6.45, 7) is 7.44. The number of hydrogen-bond donors (Lipinski definition) is 1. The lowest BCUT2D eigenvalue weighted by Crippen LogP contribution is -2.52. The summed E-state index contributed by atoms with van der Waals surface area (Å²) >= 11 is 0. The number of carbonyl (C=O) groups excluding carboxylic acids is 1. The van der Waals surface area contributed by atoms with Gasteiger partial charge in [-0.3, -0.25) is 15.1 Å². The molecule has 2 aliphatic rings. The van der Waals surface area contributed by atoms with Gasteiger partial charge in [0.15, 0.2) is 0 Å². The molecule has 1 atom stereocenters. The van der Waals surface area contributed by atoms with Crippen LogP contribution in [0.3, 0.4) is 0 Å². The largest absolute Gasteiger partial charge is 0.340 e. The van der Waals surface area contributed by atoms with Crippen molar-refractivity contribution in [2.24, 2.45) is 5.10 Å². The lowest BCUT2D eigenvalue weighted by atomic mass is 9.94. The van der Waals surface area contributed by atoms with E-state index in [2.05, 4.69) is 72.7 Å². The monoisotopic (exact) mass is 376 g/mol. The van der Waals surface area contributed by atoms with E-state index in [1.165, 1.54) is 16.7 Å². The lowest BCUT2D eigenvalue weighted by Gasteiger charge is -2.41. The predicted octanol–water partition coefficient (Wildman–Crippen LogP) is 3.29. The van der Waals surface area contributed by atoms with Crippen molar-refractivity contribution < 1.29 is 4.79 Å². The van der Waals surface area contributed by atoms with E-state index in [1.807, 2.05) is 4.90 Å². The summed E-state index contributed by atoms with van der Waals surface area (Å²) < 4.78 is 0. The van der Waals surface area contributed by atoms with Crippen LogP contribution in [-0.2, 0) is 4.79 Å². The van der Waals surface area contributed by atoms with Crippen molar-refractivity contribution in [3.05, 3.63) is 70.8 Å². The number of aryl methyl sites for hydroxylation is 1. The summed E-state index contributed by atoms with van der Waals surface area (Å²) in [6, 6.07) is 17.0. The van der Waals surface area contributed by atoms with Crippen LogP contribution in [0.1, 0.15) is 48.2 Å². The molecule has 2 aliphatic heterocycles. The molecular weight excluding hydrogens is 348 g/mol. The molecule has 0 aliphatic carbocycles. The molecular formula is C23H28N4O. The molecule has 0 aromatic heterocycles. The summed E-state index contributed by atoms with van der Waals surface area (Å²) in [6.07, 6.45) is 1.61. The number of hydrogen-bond acceptors (Lipinski definition) is 4. The molecule has 1 saturated heterocycles. The number of carbonyl (C=O) groups is 1. The van der Waals surface area contributed by atoms with Gasteiger partial charge in [-0.15, -0.1) is 0 Å². The molecule has 28 heavy (non-hydrogen) atoms. The van der Waals surface area contributed by atoms with Crippen LogP contribution in [0.25, 0.3) is 0 Å². The van der Waals surface area contributed by atoms with Crippen molar-refractivity contribution in [2.75, 3.05) is 26.2 Å². The molecule has 0 radical (unpaired) electrons. The van der Waals surface area contributed by atoms with Crippen LogP contribution in [0.4, 0.5) is 0 Å². The van der Waals surface area contributed by atoms with Crippen molar-refractivity contribution in [1.82, 2.24) is 15.2 Å². The van der Waals surface area contributed by atoms with Crippen LogP contribution in [0.15, 0.2) is 53.6 Å². The van der Waals surface area contributed by atoms with Crippen LogP contribution in [-0.4, -0.2) is 47.6 Å². The Bertz CT molecular complexity index is 866. The highest BCUT2D eigenvalue weighted by molar-refractivity contribution is 6.14. The zero-order valence-corrected chi connectivity index (χ0v) is 16.7. The van der Waals surface area contributed by atoms with E-state index in [0.29, 0.717) is 6.42 Å². The van der Waals surface area contributed by atoms with E-state index in [-0.39, 0.29) is 12.1 Å². The van der Waals surface area contributed by atoms with E-state index >= 15 is 0 Å². The normalized spacial score (nSPS) is 19.6. The van der Waals surface area contributed by atoms with Crippen molar-refractivity contribution in [2.45, 2.75) is 32.9 Å². The Morgan fingerprint density at radius 3 is 2.50 bits per heavy atom. The summed E-state index contributed by atoms with van der Waals surface area (Å²) in [5.74, 6) is 0.277. The molecule has 2 aromatic carbocycles. The molecule has 146 valence electrons. The van der Waals surface area contributed by atoms with Gasteiger partial charge in [-0.2, -0.15) is 5.10 Å². The highest BCUT2D eigenvalue weighted by Crippen LogP contribution is 2.29. The van der Waals surface area contributed by atoms with Crippen LogP contribution < -0.4 is 5.43 Å². The number of fused-ring (bicyclic) bond motifs is 1. The smallest absolute Gasteiger partial charge is 0.222 e. The first-order valence-electron chi connectivity index (χ1n) is 10.2. The van der Waals surface area contributed by atoms with Crippen molar-refractivity contribution in [3.8, 4) is 0 Å². The molecule has 1 unspecified atom stereocenters. The molecule has 1 N–H and O–H groups in total. The van der Waals surface area contributed by atoms with Gasteiger partial charge >= 0.3 is 0 Å². The maximum Gasteiger partial charge on any atom is 0.222 e. The molecule has 2 heterocycles. The van der Waals surface area contributed by atoms with Gasteiger partial charge < -0.3 is 4.90 Å². The zero-order valence-electron chi connectivity index (χ0n) is 16.7. The second-order valence-corrected chi connectivity index (χ2v) is 7.61. The molecule has 0 saturated carbocycles. The van der Waals surface area contributed by atoms with Gasteiger partial charge in [-0.05, 0) is 18.9 Å². The Morgan fingerprint density at radius 2 is 1.79 bits per heavy atom. The standard InChI is InChI=1S/C23H28N4O/c1-3-6-21(28)26-13-15-27(16-14-26)23-20-8-5-4-7-19(20)22(24-25-23)18-11-9-17(2)10-12-18/h4-5,7-12,23,25H,3,6,13-16H2,1-2H3. The Hall–Kier alpha value is -2.66. The second kappa shape index (κ2) is 8.15. The molecule has 2 aromatic rings.